The molecule has 0 bridgehead atoms. The van der Waals surface area contributed by atoms with Crippen molar-refractivity contribution in [3.63, 3.8) is 0 Å². The molecular weight excluding hydrogens is 254 g/mol. The summed E-state index contributed by atoms with van der Waals surface area (Å²) in [5, 5.41) is 3.82. The van der Waals surface area contributed by atoms with E-state index in [9.17, 15) is 0 Å². The summed E-state index contributed by atoms with van der Waals surface area (Å²) in [4.78, 5) is 0. The molecule has 3 unspecified atom stereocenters. The zero-order valence-electron chi connectivity index (χ0n) is 14.2. The van der Waals surface area contributed by atoms with Crippen molar-refractivity contribution in [3.05, 3.63) is 34.4 Å². The number of hydrogen-bond acceptors (Lipinski definition) is 1. The summed E-state index contributed by atoms with van der Waals surface area (Å²) >= 11 is 0. The van der Waals surface area contributed by atoms with E-state index in [0.717, 1.165) is 24.3 Å². The summed E-state index contributed by atoms with van der Waals surface area (Å²) < 4.78 is 0. The lowest BCUT2D eigenvalue weighted by atomic mass is 9.92. The van der Waals surface area contributed by atoms with Gasteiger partial charge in [-0.15, -0.1) is 0 Å². The first kappa shape index (κ1) is 15.1. The molecule has 116 valence electrons. The second-order valence-corrected chi connectivity index (χ2v) is 7.44. The average molecular weight is 285 g/mol. The molecule has 0 aliphatic heterocycles. The zero-order valence-corrected chi connectivity index (χ0v) is 14.2. The molecule has 0 amide bonds. The van der Waals surface area contributed by atoms with Crippen molar-refractivity contribution in [2.45, 2.75) is 65.8 Å². The standard InChI is InChI=1S/C20H31N/c1-5-21-19(20-16-8-6-7-9-17(16)20)12-18-14(3)10-13(2)11-15(18)4/h10-11,16-17,19-21H,5-9,12H2,1-4H3. The smallest absolute Gasteiger partial charge is 0.0141 e. The maximum absolute atomic E-state index is 3.82. The van der Waals surface area contributed by atoms with Gasteiger partial charge in [0, 0.05) is 6.04 Å². The minimum Gasteiger partial charge on any atom is -0.314 e. The molecule has 3 atom stereocenters. The quantitative estimate of drug-likeness (QED) is 0.835. The highest BCUT2D eigenvalue weighted by Crippen LogP contribution is 2.57. The number of rotatable bonds is 5. The third kappa shape index (κ3) is 3.04. The highest BCUT2D eigenvalue weighted by Gasteiger charge is 2.53. The van der Waals surface area contributed by atoms with E-state index in [1.54, 1.807) is 5.56 Å². The van der Waals surface area contributed by atoms with Crippen LogP contribution in [0.5, 0.6) is 0 Å². The van der Waals surface area contributed by atoms with E-state index in [4.69, 9.17) is 0 Å². The van der Waals surface area contributed by atoms with Gasteiger partial charge in [-0.3, -0.25) is 0 Å². The van der Waals surface area contributed by atoms with Crippen molar-refractivity contribution < 1.29 is 0 Å². The molecule has 1 N–H and O–H groups in total. The molecule has 0 heterocycles. The van der Waals surface area contributed by atoms with Crippen LogP contribution in [0, 0.1) is 38.5 Å². The maximum Gasteiger partial charge on any atom is 0.0141 e. The average Bonchev–Trinajstić information content (AvgIpc) is 3.15. The van der Waals surface area contributed by atoms with Gasteiger partial charge in [0.05, 0.1) is 0 Å². The summed E-state index contributed by atoms with van der Waals surface area (Å²) in [7, 11) is 0. The van der Waals surface area contributed by atoms with E-state index >= 15 is 0 Å². The Labute approximate surface area is 130 Å². The Bertz CT molecular complexity index is 470. The van der Waals surface area contributed by atoms with E-state index in [-0.39, 0.29) is 0 Å². The summed E-state index contributed by atoms with van der Waals surface area (Å²) in [5.41, 5.74) is 5.96. The highest BCUT2D eigenvalue weighted by molar-refractivity contribution is 5.38. The van der Waals surface area contributed by atoms with Gasteiger partial charge >= 0.3 is 0 Å². The Morgan fingerprint density at radius 2 is 1.62 bits per heavy atom. The molecule has 2 saturated carbocycles. The third-order valence-corrected chi connectivity index (χ3v) is 5.92. The summed E-state index contributed by atoms with van der Waals surface area (Å²) in [5.74, 6) is 3.02. The first-order valence-corrected chi connectivity index (χ1v) is 8.92. The molecular formula is C20H31N. The molecule has 2 aliphatic rings. The third-order valence-electron chi connectivity index (χ3n) is 5.92. The van der Waals surface area contributed by atoms with Crippen molar-refractivity contribution in [2.24, 2.45) is 17.8 Å². The van der Waals surface area contributed by atoms with Crippen molar-refractivity contribution in [3.8, 4) is 0 Å². The SMILES string of the molecule is CCNC(Cc1c(C)cc(C)cc1C)C1C2CCCCC21. The number of nitrogens with one attached hydrogen (secondary N) is 1. The first-order valence-electron chi connectivity index (χ1n) is 8.92. The topological polar surface area (TPSA) is 12.0 Å². The molecule has 0 radical (unpaired) electrons. The number of hydrogen-bond donors (Lipinski definition) is 1. The minimum atomic E-state index is 0.697. The van der Waals surface area contributed by atoms with Crippen LogP contribution in [0.3, 0.4) is 0 Å². The van der Waals surface area contributed by atoms with E-state index < -0.39 is 0 Å². The van der Waals surface area contributed by atoms with Crippen molar-refractivity contribution in [1.29, 1.82) is 0 Å². The number of fused-ring (bicyclic) bond motifs is 1. The van der Waals surface area contributed by atoms with Crippen LogP contribution in [-0.4, -0.2) is 12.6 Å². The summed E-state index contributed by atoms with van der Waals surface area (Å²) in [6.45, 7) is 10.1. The van der Waals surface area contributed by atoms with Crippen molar-refractivity contribution in [2.75, 3.05) is 6.54 Å². The van der Waals surface area contributed by atoms with Gasteiger partial charge in [-0.1, -0.05) is 37.5 Å². The van der Waals surface area contributed by atoms with E-state index in [2.05, 4.69) is 45.1 Å². The summed E-state index contributed by atoms with van der Waals surface area (Å²) in [6, 6.07) is 5.40. The second kappa shape index (κ2) is 6.12. The lowest BCUT2D eigenvalue weighted by Crippen LogP contribution is -2.34. The van der Waals surface area contributed by atoms with Crippen LogP contribution >= 0.6 is 0 Å². The maximum atomic E-state index is 3.82. The number of benzene rings is 1. The van der Waals surface area contributed by atoms with Gasteiger partial charge in [0.15, 0.2) is 0 Å². The fourth-order valence-electron chi connectivity index (χ4n) is 5.00. The van der Waals surface area contributed by atoms with Crippen molar-refractivity contribution >= 4 is 0 Å². The molecule has 0 aromatic heterocycles. The first-order chi connectivity index (χ1) is 10.1. The molecule has 2 fully saturated rings. The summed E-state index contributed by atoms with van der Waals surface area (Å²) in [6.07, 6.45) is 7.15. The van der Waals surface area contributed by atoms with Gasteiger partial charge in [0.25, 0.3) is 0 Å². The van der Waals surface area contributed by atoms with Crippen molar-refractivity contribution in [1.82, 2.24) is 5.32 Å². The lowest BCUT2D eigenvalue weighted by Gasteiger charge is -2.21. The molecule has 1 aromatic carbocycles. The minimum absolute atomic E-state index is 0.697. The predicted octanol–water partition coefficient (Wildman–Crippen LogP) is 4.57. The fourth-order valence-corrected chi connectivity index (χ4v) is 5.00. The largest absolute Gasteiger partial charge is 0.314 e. The van der Waals surface area contributed by atoms with Gasteiger partial charge in [-0.25, -0.2) is 0 Å². The van der Waals surface area contributed by atoms with Gasteiger partial charge in [-0.2, -0.15) is 0 Å². The van der Waals surface area contributed by atoms with Gasteiger partial charge in [-0.05, 0) is 81.0 Å². The molecule has 2 aliphatic carbocycles. The van der Waals surface area contributed by atoms with Crippen LogP contribution in [0.1, 0.15) is 54.9 Å². The van der Waals surface area contributed by atoms with E-state index in [1.165, 1.54) is 48.8 Å². The van der Waals surface area contributed by atoms with Gasteiger partial charge < -0.3 is 5.32 Å². The number of likely N-dealkylation sites (N-methyl/N-ethyl adjacent to an activating group) is 1. The molecule has 1 nitrogen and oxygen atoms in total. The molecule has 1 heteroatoms. The van der Waals surface area contributed by atoms with Crippen LogP contribution in [0.2, 0.25) is 0 Å². The highest BCUT2D eigenvalue weighted by atomic mass is 14.9. The fraction of sp³-hybridized carbons (Fsp3) is 0.700. The Morgan fingerprint density at radius 1 is 1.05 bits per heavy atom. The molecule has 0 saturated heterocycles. The molecule has 21 heavy (non-hydrogen) atoms. The Hall–Kier alpha value is -0.820. The predicted molar refractivity (Wildman–Crippen MR) is 90.8 cm³/mol. The molecule has 1 aromatic rings. The zero-order chi connectivity index (χ0) is 15.0. The molecule has 3 rings (SSSR count). The second-order valence-electron chi connectivity index (χ2n) is 7.44. The van der Waals surface area contributed by atoms with Gasteiger partial charge in [0.2, 0.25) is 0 Å². The van der Waals surface area contributed by atoms with Crippen LogP contribution < -0.4 is 5.32 Å². The Balaban J connectivity index is 1.77. The Morgan fingerprint density at radius 3 is 2.14 bits per heavy atom. The van der Waals surface area contributed by atoms with Gasteiger partial charge in [0.1, 0.15) is 0 Å². The van der Waals surface area contributed by atoms with Crippen LogP contribution in [0.4, 0.5) is 0 Å². The lowest BCUT2D eigenvalue weighted by molar-refractivity contribution is 0.436. The Kier molecular flexibility index (Phi) is 4.40. The normalized spacial score (nSPS) is 29.0. The van der Waals surface area contributed by atoms with Crippen LogP contribution in [-0.2, 0) is 6.42 Å². The van der Waals surface area contributed by atoms with E-state index in [0.29, 0.717) is 6.04 Å². The monoisotopic (exact) mass is 285 g/mol. The van der Waals surface area contributed by atoms with Crippen LogP contribution in [0.25, 0.3) is 0 Å². The number of aryl methyl sites for hydroxylation is 3. The van der Waals surface area contributed by atoms with Crippen LogP contribution in [0.15, 0.2) is 12.1 Å². The molecule has 0 spiro atoms. The van der Waals surface area contributed by atoms with E-state index in [1.807, 2.05) is 0 Å².